The molecule has 0 aromatic carbocycles. The Morgan fingerprint density at radius 2 is 2.12 bits per heavy atom. The van der Waals surface area contributed by atoms with Crippen LogP contribution < -0.4 is 10.6 Å². The summed E-state index contributed by atoms with van der Waals surface area (Å²) in [5.41, 5.74) is 1.48. The molecule has 0 aliphatic heterocycles. The predicted octanol–water partition coefficient (Wildman–Crippen LogP) is 3.35. The molecule has 0 spiro atoms. The Morgan fingerprint density at radius 1 is 1.29 bits per heavy atom. The molecule has 3 aromatic rings. The van der Waals surface area contributed by atoms with Crippen molar-refractivity contribution >= 4 is 34.4 Å². The quantitative estimate of drug-likeness (QED) is 0.760. The first-order valence-electron chi connectivity index (χ1n) is 7.47. The molecule has 0 radical (unpaired) electrons. The normalized spacial score (nSPS) is 13.9. The maximum absolute atomic E-state index is 14.3. The van der Waals surface area contributed by atoms with Crippen molar-refractivity contribution in [2.75, 3.05) is 10.6 Å². The first kappa shape index (κ1) is 14.9. The summed E-state index contributed by atoms with van der Waals surface area (Å²) in [4.78, 5) is 16.6. The van der Waals surface area contributed by atoms with Crippen molar-refractivity contribution in [1.29, 1.82) is 0 Å². The molecule has 122 valence electrons. The number of carbonyl (C=O) groups is 1. The van der Waals surface area contributed by atoms with Crippen molar-refractivity contribution in [2.24, 2.45) is 0 Å². The highest BCUT2D eigenvalue weighted by molar-refractivity contribution is 6.31. The lowest BCUT2D eigenvalue weighted by atomic mass is 10.2. The maximum atomic E-state index is 14.3. The van der Waals surface area contributed by atoms with Crippen LogP contribution in [-0.4, -0.2) is 26.5 Å². The summed E-state index contributed by atoms with van der Waals surface area (Å²) in [5, 5.41) is 10.0. The van der Waals surface area contributed by atoms with E-state index >= 15 is 0 Å². The van der Waals surface area contributed by atoms with E-state index in [-0.39, 0.29) is 16.1 Å². The van der Waals surface area contributed by atoms with Crippen LogP contribution >= 0.6 is 11.6 Å². The van der Waals surface area contributed by atoms with Gasteiger partial charge in [0, 0.05) is 18.4 Å². The molecule has 2 N–H and O–H groups in total. The van der Waals surface area contributed by atoms with Crippen LogP contribution in [0.1, 0.15) is 23.2 Å². The molecular formula is C16H13ClFN5O. The van der Waals surface area contributed by atoms with Crippen molar-refractivity contribution in [3.63, 3.8) is 0 Å². The third kappa shape index (κ3) is 2.67. The van der Waals surface area contributed by atoms with E-state index in [4.69, 9.17) is 11.6 Å². The Hall–Kier alpha value is -2.67. The van der Waals surface area contributed by atoms with Gasteiger partial charge in [0.1, 0.15) is 5.52 Å². The molecule has 0 atom stereocenters. The Bertz CT molecular complexity index is 937. The molecule has 3 heterocycles. The zero-order valence-electron chi connectivity index (χ0n) is 12.5. The molecule has 1 saturated carbocycles. The first-order valence-corrected chi connectivity index (χ1v) is 7.84. The number of fused-ring (bicyclic) bond motifs is 1. The Labute approximate surface area is 141 Å². The predicted molar refractivity (Wildman–Crippen MR) is 89.0 cm³/mol. The van der Waals surface area contributed by atoms with E-state index < -0.39 is 11.7 Å². The molecule has 8 heteroatoms. The monoisotopic (exact) mass is 345 g/mol. The highest BCUT2D eigenvalue weighted by Crippen LogP contribution is 2.29. The SMILES string of the molecule is O=C(Nc1cnccc1NC1CC1)c1cnn2ccc(Cl)c(F)c12. The van der Waals surface area contributed by atoms with Gasteiger partial charge in [-0.2, -0.15) is 5.10 Å². The van der Waals surface area contributed by atoms with Crippen LogP contribution in [0.5, 0.6) is 0 Å². The van der Waals surface area contributed by atoms with E-state index in [1.165, 1.54) is 23.0 Å². The number of rotatable bonds is 4. The summed E-state index contributed by atoms with van der Waals surface area (Å²) in [6, 6.07) is 3.61. The van der Waals surface area contributed by atoms with Gasteiger partial charge in [0.2, 0.25) is 0 Å². The fourth-order valence-electron chi connectivity index (χ4n) is 2.44. The molecule has 1 aliphatic carbocycles. The molecular weight excluding hydrogens is 333 g/mol. The van der Waals surface area contributed by atoms with Gasteiger partial charge in [-0.3, -0.25) is 9.78 Å². The third-order valence-corrected chi connectivity index (χ3v) is 4.12. The standard InChI is InChI=1S/C16H13ClFN5O/c17-11-4-6-23-15(14(11)18)10(7-20-23)16(24)22-13-8-19-5-3-12(13)21-9-1-2-9/h3-9H,1-2H2,(H,19,21)(H,22,24). The summed E-state index contributed by atoms with van der Waals surface area (Å²) >= 11 is 5.80. The van der Waals surface area contributed by atoms with Gasteiger partial charge >= 0.3 is 0 Å². The van der Waals surface area contributed by atoms with Gasteiger partial charge < -0.3 is 10.6 Å². The Kier molecular flexibility index (Phi) is 3.57. The van der Waals surface area contributed by atoms with Crippen molar-refractivity contribution in [1.82, 2.24) is 14.6 Å². The highest BCUT2D eigenvalue weighted by Gasteiger charge is 2.23. The van der Waals surface area contributed by atoms with Crippen LogP contribution in [-0.2, 0) is 0 Å². The van der Waals surface area contributed by atoms with Gasteiger partial charge in [-0.25, -0.2) is 8.91 Å². The molecule has 3 aromatic heterocycles. The lowest BCUT2D eigenvalue weighted by Gasteiger charge is -2.11. The molecule has 0 saturated heterocycles. The summed E-state index contributed by atoms with van der Waals surface area (Å²) in [5.74, 6) is -1.15. The average Bonchev–Trinajstić information content (AvgIpc) is 3.28. The summed E-state index contributed by atoms with van der Waals surface area (Å²) in [6.07, 6.45) is 8.23. The van der Waals surface area contributed by atoms with E-state index in [0.717, 1.165) is 18.5 Å². The summed E-state index contributed by atoms with van der Waals surface area (Å²) in [6.45, 7) is 0. The molecule has 4 rings (SSSR count). The van der Waals surface area contributed by atoms with Crippen molar-refractivity contribution in [3.8, 4) is 0 Å². The number of nitrogens with zero attached hydrogens (tertiary/aromatic N) is 3. The second-order valence-corrected chi connectivity index (χ2v) is 6.03. The van der Waals surface area contributed by atoms with E-state index in [1.54, 1.807) is 18.5 Å². The lowest BCUT2D eigenvalue weighted by molar-refractivity contribution is 0.102. The number of hydrogen-bond acceptors (Lipinski definition) is 4. The molecule has 1 fully saturated rings. The number of halogens is 2. The largest absolute Gasteiger partial charge is 0.381 e. The van der Waals surface area contributed by atoms with Crippen molar-refractivity contribution in [3.05, 3.63) is 53.3 Å². The second kappa shape index (κ2) is 5.76. The van der Waals surface area contributed by atoms with E-state index in [1.807, 2.05) is 0 Å². The lowest BCUT2D eigenvalue weighted by Crippen LogP contribution is -2.14. The second-order valence-electron chi connectivity index (χ2n) is 5.62. The average molecular weight is 346 g/mol. The van der Waals surface area contributed by atoms with Gasteiger partial charge in [0.15, 0.2) is 5.82 Å². The minimum absolute atomic E-state index is 0.0422. The Morgan fingerprint density at radius 3 is 2.92 bits per heavy atom. The van der Waals surface area contributed by atoms with Gasteiger partial charge in [-0.1, -0.05) is 11.6 Å². The minimum Gasteiger partial charge on any atom is -0.381 e. The van der Waals surface area contributed by atoms with Crippen LogP contribution in [0.15, 0.2) is 36.9 Å². The summed E-state index contributed by atoms with van der Waals surface area (Å²) in [7, 11) is 0. The van der Waals surface area contributed by atoms with Gasteiger partial charge in [-0.15, -0.1) is 0 Å². The molecule has 1 amide bonds. The molecule has 6 nitrogen and oxygen atoms in total. The highest BCUT2D eigenvalue weighted by atomic mass is 35.5. The smallest absolute Gasteiger partial charge is 0.259 e. The van der Waals surface area contributed by atoms with Crippen LogP contribution in [0.4, 0.5) is 15.8 Å². The van der Waals surface area contributed by atoms with Gasteiger partial charge in [0.25, 0.3) is 5.91 Å². The zero-order chi connectivity index (χ0) is 16.7. The van der Waals surface area contributed by atoms with Gasteiger partial charge in [-0.05, 0) is 25.0 Å². The number of amides is 1. The maximum Gasteiger partial charge on any atom is 0.259 e. The topological polar surface area (TPSA) is 71.3 Å². The molecule has 24 heavy (non-hydrogen) atoms. The number of aromatic nitrogens is 3. The number of anilines is 2. The first-order chi connectivity index (χ1) is 11.6. The zero-order valence-corrected chi connectivity index (χ0v) is 13.2. The Balaban J connectivity index is 1.67. The fourth-order valence-corrected chi connectivity index (χ4v) is 2.59. The van der Waals surface area contributed by atoms with Crippen LogP contribution in [0.25, 0.3) is 5.52 Å². The number of hydrogen-bond donors (Lipinski definition) is 2. The molecule has 1 aliphatic rings. The van der Waals surface area contributed by atoms with Crippen LogP contribution in [0, 0.1) is 5.82 Å². The molecule has 0 bridgehead atoms. The van der Waals surface area contributed by atoms with Gasteiger partial charge in [0.05, 0.1) is 34.4 Å². The van der Waals surface area contributed by atoms with E-state index in [2.05, 4.69) is 20.7 Å². The fraction of sp³-hybridized carbons (Fsp3) is 0.188. The van der Waals surface area contributed by atoms with Crippen molar-refractivity contribution in [2.45, 2.75) is 18.9 Å². The number of nitrogens with one attached hydrogen (secondary N) is 2. The summed E-state index contributed by atoms with van der Waals surface area (Å²) < 4.78 is 15.5. The van der Waals surface area contributed by atoms with Crippen LogP contribution in [0.3, 0.4) is 0 Å². The van der Waals surface area contributed by atoms with Crippen LogP contribution in [0.2, 0.25) is 5.02 Å². The molecule has 0 unspecified atom stereocenters. The number of carbonyl (C=O) groups excluding carboxylic acids is 1. The van der Waals surface area contributed by atoms with E-state index in [9.17, 15) is 9.18 Å². The van der Waals surface area contributed by atoms with Crippen molar-refractivity contribution < 1.29 is 9.18 Å². The number of pyridine rings is 2. The van der Waals surface area contributed by atoms with E-state index in [0.29, 0.717) is 11.7 Å². The third-order valence-electron chi connectivity index (χ3n) is 3.83. The minimum atomic E-state index is -0.677.